The SMILES string of the molecule is O=[S@](c1ccccc1)C(c1ccccc1)c1ccccc1. The molecule has 0 saturated carbocycles. The summed E-state index contributed by atoms with van der Waals surface area (Å²) in [7, 11) is -1.12. The molecule has 0 spiro atoms. The van der Waals surface area contributed by atoms with Crippen LogP contribution >= 0.6 is 0 Å². The molecule has 3 aromatic carbocycles. The highest BCUT2D eigenvalue weighted by molar-refractivity contribution is 7.85. The molecule has 0 radical (unpaired) electrons. The van der Waals surface area contributed by atoms with Crippen LogP contribution in [0.4, 0.5) is 0 Å². The zero-order valence-electron chi connectivity index (χ0n) is 11.6. The molecule has 104 valence electrons. The number of benzene rings is 3. The van der Waals surface area contributed by atoms with E-state index < -0.39 is 10.8 Å². The summed E-state index contributed by atoms with van der Waals surface area (Å²) in [6, 6.07) is 29.8. The fraction of sp³-hybridized carbons (Fsp3) is 0.0526. The van der Waals surface area contributed by atoms with Crippen molar-refractivity contribution in [3.8, 4) is 0 Å². The normalized spacial score (nSPS) is 12.2. The van der Waals surface area contributed by atoms with E-state index in [2.05, 4.69) is 0 Å². The Kier molecular flexibility index (Phi) is 4.27. The van der Waals surface area contributed by atoms with Gasteiger partial charge in [-0.2, -0.15) is 0 Å². The molecule has 0 aliphatic rings. The molecule has 0 amide bonds. The van der Waals surface area contributed by atoms with Gasteiger partial charge < -0.3 is 0 Å². The number of hydrogen-bond acceptors (Lipinski definition) is 1. The van der Waals surface area contributed by atoms with E-state index in [0.717, 1.165) is 16.0 Å². The van der Waals surface area contributed by atoms with E-state index in [1.807, 2.05) is 91.0 Å². The summed E-state index contributed by atoms with van der Waals surface area (Å²) < 4.78 is 13.1. The third-order valence-corrected chi connectivity index (χ3v) is 5.10. The second-order valence-corrected chi connectivity index (χ2v) is 6.35. The summed E-state index contributed by atoms with van der Waals surface area (Å²) >= 11 is 0. The quantitative estimate of drug-likeness (QED) is 0.687. The first kappa shape index (κ1) is 13.8. The van der Waals surface area contributed by atoms with Gasteiger partial charge in [0.1, 0.15) is 0 Å². The molecule has 3 rings (SSSR count). The standard InChI is InChI=1S/C19H16OS/c20-21(18-14-8-3-9-15-18)19(16-10-4-1-5-11-16)17-12-6-2-7-13-17/h1-15,19H/t21-/m1/s1. The third-order valence-electron chi connectivity index (χ3n) is 3.39. The van der Waals surface area contributed by atoms with Crippen molar-refractivity contribution in [1.82, 2.24) is 0 Å². The van der Waals surface area contributed by atoms with Gasteiger partial charge in [0.15, 0.2) is 0 Å². The first-order valence-corrected chi connectivity index (χ1v) is 8.13. The molecular weight excluding hydrogens is 276 g/mol. The molecule has 1 nitrogen and oxygen atoms in total. The first-order valence-electron chi connectivity index (χ1n) is 6.92. The summed E-state index contributed by atoms with van der Waals surface area (Å²) in [5, 5.41) is -0.144. The number of rotatable bonds is 4. The maximum absolute atomic E-state index is 13.1. The monoisotopic (exact) mass is 292 g/mol. The smallest absolute Gasteiger partial charge is 0.0893 e. The minimum atomic E-state index is -1.12. The van der Waals surface area contributed by atoms with Gasteiger partial charge in [0.25, 0.3) is 0 Å². The topological polar surface area (TPSA) is 17.1 Å². The van der Waals surface area contributed by atoms with Crippen LogP contribution in [0.25, 0.3) is 0 Å². The van der Waals surface area contributed by atoms with Crippen molar-refractivity contribution >= 4 is 10.8 Å². The molecule has 1 atom stereocenters. The van der Waals surface area contributed by atoms with Gasteiger partial charge in [-0.05, 0) is 23.3 Å². The largest absolute Gasteiger partial charge is 0.253 e. The Morgan fingerprint density at radius 3 is 1.38 bits per heavy atom. The predicted molar refractivity (Wildman–Crippen MR) is 87.6 cm³/mol. The van der Waals surface area contributed by atoms with Crippen LogP contribution in [0.5, 0.6) is 0 Å². The fourth-order valence-corrected chi connectivity index (χ4v) is 3.89. The van der Waals surface area contributed by atoms with Crippen molar-refractivity contribution in [3.05, 3.63) is 102 Å². The molecule has 21 heavy (non-hydrogen) atoms. The lowest BCUT2D eigenvalue weighted by Gasteiger charge is -2.17. The van der Waals surface area contributed by atoms with Gasteiger partial charge in [-0.25, -0.2) is 0 Å². The van der Waals surface area contributed by atoms with Gasteiger partial charge in [0, 0.05) is 4.90 Å². The van der Waals surface area contributed by atoms with Crippen molar-refractivity contribution in [3.63, 3.8) is 0 Å². The Morgan fingerprint density at radius 2 is 0.952 bits per heavy atom. The Morgan fingerprint density at radius 1 is 0.571 bits per heavy atom. The second-order valence-electron chi connectivity index (χ2n) is 4.81. The average Bonchev–Trinajstić information content (AvgIpc) is 2.58. The van der Waals surface area contributed by atoms with E-state index in [1.165, 1.54) is 0 Å². The van der Waals surface area contributed by atoms with Crippen LogP contribution in [0.3, 0.4) is 0 Å². The zero-order valence-corrected chi connectivity index (χ0v) is 12.4. The highest BCUT2D eigenvalue weighted by Gasteiger charge is 2.22. The Balaban J connectivity index is 2.07. The number of hydrogen-bond donors (Lipinski definition) is 0. The molecule has 3 aromatic rings. The Hall–Kier alpha value is -2.19. The predicted octanol–water partition coefficient (Wildman–Crippen LogP) is 4.58. The van der Waals surface area contributed by atoms with E-state index in [1.54, 1.807) is 0 Å². The van der Waals surface area contributed by atoms with Crippen molar-refractivity contribution in [2.24, 2.45) is 0 Å². The van der Waals surface area contributed by atoms with E-state index in [9.17, 15) is 4.21 Å². The molecule has 0 aliphatic carbocycles. The fourth-order valence-electron chi connectivity index (χ4n) is 2.39. The van der Waals surface area contributed by atoms with Crippen LogP contribution in [-0.2, 0) is 10.8 Å². The second kappa shape index (κ2) is 6.51. The minimum Gasteiger partial charge on any atom is -0.253 e. The molecular formula is C19H16OS. The minimum absolute atomic E-state index is 0.144. The molecule has 2 heteroatoms. The molecule has 0 N–H and O–H groups in total. The van der Waals surface area contributed by atoms with E-state index >= 15 is 0 Å². The van der Waals surface area contributed by atoms with Gasteiger partial charge in [0.05, 0.1) is 16.0 Å². The van der Waals surface area contributed by atoms with Gasteiger partial charge in [0.2, 0.25) is 0 Å². The first-order chi connectivity index (χ1) is 10.4. The van der Waals surface area contributed by atoms with Gasteiger partial charge in [-0.1, -0.05) is 78.9 Å². The maximum atomic E-state index is 13.1. The van der Waals surface area contributed by atoms with Crippen LogP contribution in [0, 0.1) is 0 Å². The lowest BCUT2D eigenvalue weighted by atomic mass is 10.0. The van der Waals surface area contributed by atoms with Crippen molar-refractivity contribution in [1.29, 1.82) is 0 Å². The van der Waals surface area contributed by atoms with Crippen LogP contribution in [0.2, 0.25) is 0 Å². The molecule has 0 aliphatic heterocycles. The highest BCUT2D eigenvalue weighted by atomic mass is 32.2. The van der Waals surface area contributed by atoms with E-state index in [0.29, 0.717) is 0 Å². The van der Waals surface area contributed by atoms with E-state index in [4.69, 9.17) is 0 Å². The lowest BCUT2D eigenvalue weighted by molar-refractivity contribution is 0.678. The summed E-state index contributed by atoms with van der Waals surface area (Å²) in [4.78, 5) is 0.857. The lowest BCUT2D eigenvalue weighted by Crippen LogP contribution is -2.08. The molecule has 0 bridgehead atoms. The van der Waals surface area contributed by atoms with Crippen molar-refractivity contribution in [2.75, 3.05) is 0 Å². The summed E-state index contributed by atoms with van der Waals surface area (Å²) in [6.07, 6.45) is 0. The van der Waals surface area contributed by atoms with Crippen LogP contribution < -0.4 is 0 Å². The van der Waals surface area contributed by atoms with Gasteiger partial charge in [-0.15, -0.1) is 0 Å². The van der Waals surface area contributed by atoms with E-state index in [-0.39, 0.29) is 5.25 Å². The highest BCUT2D eigenvalue weighted by Crippen LogP contribution is 2.31. The maximum Gasteiger partial charge on any atom is 0.0893 e. The van der Waals surface area contributed by atoms with Crippen LogP contribution in [-0.4, -0.2) is 4.21 Å². The van der Waals surface area contributed by atoms with Gasteiger partial charge in [-0.3, -0.25) is 4.21 Å². The summed E-state index contributed by atoms with van der Waals surface area (Å²) in [5.41, 5.74) is 2.15. The summed E-state index contributed by atoms with van der Waals surface area (Å²) in [5.74, 6) is 0. The van der Waals surface area contributed by atoms with Crippen molar-refractivity contribution < 1.29 is 4.21 Å². The average molecular weight is 292 g/mol. The molecule has 0 aromatic heterocycles. The van der Waals surface area contributed by atoms with Crippen molar-refractivity contribution in [2.45, 2.75) is 10.1 Å². The third kappa shape index (κ3) is 3.11. The van der Waals surface area contributed by atoms with Gasteiger partial charge >= 0.3 is 0 Å². The summed E-state index contributed by atoms with van der Waals surface area (Å²) in [6.45, 7) is 0. The molecule has 0 saturated heterocycles. The Bertz CT molecular complexity index is 669. The van der Waals surface area contributed by atoms with Crippen LogP contribution in [0.15, 0.2) is 95.9 Å². The molecule has 0 fully saturated rings. The van der Waals surface area contributed by atoms with Crippen LogP contribution in [0.1, 0.15) is 16.4 Å². The Labute approximate surface area is 127 Å². The molecule has 0 heterocycles. The molecule has 0 unspecified atom stereocenters. The zero-order chi connectivity index (χ0) is 14.5.